The minimum absolute atomic E-state index is 0.0930. The van der Waals surface area contributed by atoms with Gasteiger partial charge in [-0.1, -0.05) is 0 Å². The van der Waals surface area contributed by atoms with Crippen LogP contribution in [-0.4, -0.2) is 9.97 Å². The molecule has 0 aliphatic carbocycles. The standard InChI is InChI=1S/C11H12F2N4/c12-11(13)9-3-7(14)1-2-10(9)16-5-8-4-15-6-17-8/h1-4,6,11,16H,5,14H2,(H,15,17). The number of nitrogens with zero attached hydrogens (tertiary/aromatic N) is 1. The Morgan fingerprint density at radius 2 is 2.24 bits per heavy atom. The maximum absolute atomic E-state index is 12.8. The second kappa shape index (κ2) is 4.82. The molecule has 4 nitrogen and oxygen atoms in total. The third-order valence-corrected chi connectivity index (χ3v) is 2.33. The van der Waals surface area contributed by atoms with Gasteiger partial charge in [0.2, 0.25) is 0 Å². The number of alkyl halides is 2. The molecular formula is C11H12F2N4. The van der Waals surface area contributed by atoms with Crippen LogP contribution in [0, 0.1) is 0 Å². The molecule has 0 bridgehead atoms. The lowest BCUT2D eigenvalue weighted by molar-refractivity contribution is 0.152. The third kappa shape index (κ3) is 2.72. The van der Waals surface area contributed by atoms with E-state index in [1.54, 1.807) is 18.3 Å². The van der Waals surface area contributed by atoms with Crippen molar-refractivity contribution in [3.8, 4) is 0 Å². The number of aromatic nitrogens is 2. The van der Waals surface area contributed by atoms with Gasteiger partial charge in [0.15, 0.2) is 0 Å². The highest BCUT2D eigenvalue weighted by molar-refractivity contribution is 5.58. The van der Waals surface area contributed by atoms with Crippen LogP contribution in [0.2, 0.25) is 0 Å². The number of nitrogens with two attached hydrogens (primary N) is 1. The van der Waals surface area contributed by atoms with E-state index in [9.17, 15) is 8.78 Å². The van der Waals surface area contributed by atoms with Gasteiger partial charge < -0.3 is 16.0 Å². The maximum atomic E-state index is 12.8. The third-order valence-electron chi connectivity index (χ3n) is 2.33. The molecule has 1 aromatic heterocycles. The van der Waals surface area contributed by atoms with Gasteiger partial charge in [0.1, 0.15) is 0 Å². The Morgan fingerprint density at radius 1 is 1.41 bits per heavy atom. The Labute approximate surface area is 96.9 Å². The lowest BCUT2D eigenvalue weighted by Crippen LogP contribution is -2.03. The molecule has 0 saturated carbocycles. The monoisotopic (exact) mass is 238 g/mol. The summed E-state index contributed by atoms with van der Waals surface area (Å²) in [6, 6.07) is 4.41. The number of hydrogen-bond acceptors (Lipinski definition) is 3. The van der Waals surface area contributed by atoms with Crippen molar-refractivity contribution in [2.45, 2.75) is 13.0 Å². The van der Waals surface area contributed by atoms with E-state index in [4.69, 9.17) is 5.73 Å². The van der Waals surface area contributed by atoms with Crippen LogP contribution in [0.15, 0.2) is 30.7 Å². The highest BCUT2D eigenvalue weighted by Crippen LogP contribution is 2.29. The van der Waals surface area contributed by atoms with E-state index in [-0.39, 0.29) is 5.56 Å². The highest BCUT2D eigenvalue weighted by atomic mass is 19.3. The summed E-state index contributed by atoms with van der Waals surface area (Å²) < 4.78 is 25.5. The van der Waals surface area contributed by atoms with Gasteiger partial charge >= 0.3 is 0 Å². The van der Waals surface area contributed by atoms with Crippen LogP contribution in [-0.2, 0) is 6.54 Å². The fraction of sp³-hybridized carbons (Fsp3) is 0.182. The molecule has 0 saturated heterocycles. The van der Waals surface area contributed by atoms with E-state index >= 15 is 0 Å². The van der Waals surface area contributed by atoms with Gasteiger partial charge in [-0.3, -0.25) is 0 Å². The predicted octanol–water partition coefficient (Wildman–Crippen LogP) is 2.54. The molecule has 17 heavy (non-hydrogen) atoms. The fourth-order valence-electron chi connectivity index (χ4n) is 1.49. The average Bonchev–Trinajstić information content (AvgIpc) is 2.80. The van der Waals surface area contributed by atoms with Crippen molar-refractivity contribution in [3.63, 3.8) is 0 Å². The van der Waals surface area contributed by atoms with Crippen LogP contribution < -0.4 is 11.1 Å². The molecule has 0 radical (unpaired) electrons. The van der Waals surface area contributed by atoms with Gasteiger partial charge in [0.05, 0.1) is 18.6 Å². The summed E-state index contributed by atoms with van der Waals surface area (Å²) in [7, 11) is 0. The molecule has 0 aliphatic rings. The lowest BCUT2D eigenvalue weighted by Gasteiger charge is -2.11. The van der Waals surface area contributed by atoms with Gasteiger partial charge in [0.25, 0.3) is 6.43 Å². The topological polar surface area (TPSA) is 66.7 Å². The summed E-state index contributed by atoms with van der Waals surface area (Å²) in [6.07, 6.45) is 0.614. The zero-order valence-corrected chi connectivity index (χ0v) is 8.95. The number of nitrogen functional groups attached to an aromatic ring is 1. The molecular weight excluding hydrogens is 226 g/mol. The first kappa shape index (κ1) is 11.4. The first-order chi connectivity index (χ1) is 8.16. The number of aromatic amines is 1. The molecule has 0 atom stereocenters. The molecule has 1 heterocycles. The quantitative estimate of drug-likeness (QED) is 0.717. The van der Waals surface area contributed by atoms with Gasteiger partial charge in [-0.15, -0.1) is 0 Å². The summed E-state index contributed by atoms with van der Waals surface area (Å²) in [5.74, 6) is 0. The van der Waals surface area contributed by atoms with Gasteiger partial charge in [0, 0.05) is 23.1 Å². The second-order valence-corrected chi connectivity index (χ2v) is 3.58. The second-order valence-electron chi connectivity index (χ2n) is 3.58. The Bertz CT molecular complexity index is 482. The van der Waals surface area contributed by atoms with E-state index in [0.29, 0.717) is 17.9 Å². The summed E-state index contributed by atoms with van der Waals surface area (Å²) in [5, 5.41) is 2.92. The van der Waals surface area contributed by atoms with E-state index < -0.39 is 6.43 Å². The van der Waals surface area contributed by atoms with E-state index in [1.165, 1.54) is 12.4 Å². The smallest absolute Gasteiger partial charge is 0.265 e. The zero-order chi connectivity index (χ0) is 12.3. The fourth-order valence-corrected chi connectivity index (χ4v) is 1.49. The van der Waals surface area contributed by atoms with E-state index in [0.717, 1.165) is 5.69 Å². The minimum Gasteiger partial charge on any atom is -0.399 e. The molecule has 0 aliphatic heterocycles. The minimum atomic E-state index is -2.55. The summed E-state index contributed by atoms with van der Waals surface area (Å²) in [5.41, 5.74) is 6.91. The molecule has 0 fully saturated rings. The van der Waals surface area contributed by atoms with Crippen molar-refractivity contribution in [2.24, 2.45) is 0 Å². The number of benzene rings is 1. The van der Waals surface area contributed by atoms with Gasteiger partial charge in [-0.25, -0.2) is 13.8 Å². The van der Waals surface area contributed by atoms with Crippen LogP contribution in [0.3, 0.4) is 0 Å². The molecule has 4 N–H and O–H groups in total. The number of imidazole rings is 1. The van der Waals surface area contributed by atoms with Crippen LogP contribution in [0.1, 0.15) is 17.7 Å². The lowest BCUT2D eigenvalue weighted by atomic mass is 10.1. The Hall–Kier alpha value is -2.11. The predicted molar refractivity (Wildman–Crippen MR) is 61.7 cm³/mol. The van der Waals surface area contributed by atoms with E-state index in [2.05, 4.69) is 15.3 Å². The zero-order valence-electron chi connectivity index (χ0n) is 8.95. The Morgan fingerprint density at radius 3 is 2.88 bits per heavy atom. The van der Waals surface area contributed by atoms with Crippen LogP contribution >= 0.6 is 0 Å². The summed E-state index contributed by atoms with van der Waals surface area (Å²) >= 11 is 0. The molecule has 90 valence electrons. The normalized spacial score (nSPS) is 10.8. The van der Waals surface area contributed by atoms with Crippen LogP contribution in [0.25, 0.3) is 0 Å². The molecule has 1 aromatic carbocycles. The van der Waals surface area contributed by atoms with Crippen molar-refractivity contribution < 1.29 is 8.78 Å². The molecule has 6 heteroatoms. The molecule has 2 aromatic rings. The SMILES string of the molecule is Nc1ccc(NCc2cnc[nH]2)c(C(F)F)c1. The van der Waals surface area contributed by atoms with Crippen LogP contribution in [0.5, 0.6) is 0 Å². The van der Waals surface area contributed by atoms with Crippen molar-refractivity contribution in [1.82, 2.24) is 9.97 Å². The number of anilines is 2. The molecule has 0 spiro atoms. The Kier molecular flexibility index (Phi) is 3.22. The van der Waals surface area contributed by atoms with Gasteiger partial charge in [-0.05, 0) is 18.2 Å². The number of H-pyrrole nitrogens is 1. The number of nitrogens with one attached hydrogen (secondary N) is 2. The summed E-state index contributed by atoms with van der Waals surface area (Å²) in [4.78, 5) is 6.72. The van der Waals surface area contributed by atoms with Crippen molar-refractivity contribution in [2.75, 3.05) is 11.1 Å². The first-order valence-corrected chi connectivity index (χ1v) is 5.05. The number of halogens is 2. The maximum Gasteiger partial charge on any atom is 0.265 e. The van der Waals surface area contributed by atoms with E-state index in [1.807, 2.05) is 0 Å². The highest BCUT2D eigenvalue weighted by Gasteiger charge is 2.13. The molecule has 0 unspecified atom stereocenters. The first-order valence-electron chi connectivity index (χ1n) is 5.05. The summed E-state index contributed by atoms with van der Waals surface area (Å²) in [6.45, 7) is 0.406. The number of hydrogen-bond donors (Lipinski definition) is 3. The molecule has 2 rings (SSSR count). The van der Waals surface area contributed by atoms with Crippen molar-refractivity contribution >= 4 is 11.4 Å². The molecule has 0 amide bonds. The van der Waals surface area contributed by atoms with Crippen LogP contribution in [0.4, 0.5) is 20.2 Å². The number of rotatable bonds is 4. The Balaban J connectivity index is 2.14. The average molecular weight is 238 g/mol. The van der Waals surface area contributed by atoms with Crippen molar-refractivity contribution in [1.29, 1.82) is 0 Å². The van der Waals surface area contributed by atoms with Crippen molar-refractivity contribution in [3.05, 3.63) is 42.0 Å². The van der Waals surface area contributed by atoms with Gasteiger partial charge in [-0.2, -0.15) is 0 Å². The largest absolute Gasteiger partial charge is 0.399 e.